The van der Waals surface area contributed by atoms with Gasteiger partial charge < -0.3 is 4.74 Å². The van der Waals surface area contributed by atoms with Crippen molar-refractivity contribution in [2.75, 3.05) is 0 Å². The SMILES string of the molecule is CC=C(Cl)c1cccc(Oc2ccccc2)c1. The topological polar surface area (TPSA) is 9.23 Å². The second-order valence-electron chi connectivity index (χ2n) is 3.58. The maximum atomic E-state index is 6.07. The van der Waals surface area contributed by atoms with Crippen LogP contribution < -0.4 is 4.74 Å². The van der Waals surface area contributed by atoms with E-state index in [0.717, 1.165) is 22.1 Å². The van der Waals surface area contributed by atoms with Gasteiger partial charge in [0.2, 0.25) is 0 Å². The summed E-state index contributed by atoms with van der Waals surface area (Å²) in [4.78, 5) is 0. The second kappa shape index (κ2) is 5.55. The lowest BCUT2D eigenvalue weighted by molar-refractivity contribution is 0.482. The third-order valence-electron chi connectivity index (χ3n) is 2.34. The number of ether oxygens (including phenoxy) is 1. The zero-order valence-corrected chi connectivity index (χ0v) is 10.3. The number of allylic oxidation sites excluding steroid dienone is 1. The van der Waals surface area contributed by atoms with E-state index >= 15 is 0 Å². The Bertz CT molecular complexity index is 517. The molecule has 0 unspecified atom stereocenters. The summed E-state index contributed by atoms with van der Waals surface area (Å²) in [5.41, 5.74) is 0.961. The Morgan fingerprint density at radius 1 is 1.00 bits per heavy atom. The molecule has 0 aliphatic heterocycles. The molecular formula is C15H13ClO. The molecular weight excluding hydrogens is 232 g/mol. The minimum absolute atomic E-state index is 0.725. The minimum Gasteiger partial charge on any atom is -0.457 e. The van der Waals surface area contributed by atoms with Gasteiger partial charge in [0.1, 0.15) is 11.5 Å². The molecule has 0 amide bonds. The fourth-order valence-electron chi connectivity index (χ4n) is 1.50. The zero-order valence-electron chi connectivity index (χ0n) is 9.56. The molecule has 0 heterocycles. The van der Waals surface area contributed by atoms with E-state index in [0.29, 0.717) is 0 Å². The molecule has 2 aromatic rings. The van der Waals surface area contributed by atoms with Crippen LogP contribution in [-0.2, 0) is 0 Å². The summed E-state index contributed by atoms with van der Waals surface area (Å²) >= 11 is 6.07. The van der Waals surface area contributed by atoms with Gasteiger partial charge >= 0.3 is 0 Å². The van der Waals surface area contributed by atoms with Gasteiger partial charge in [-0.1, -0.05) is 48.0 Å². The number of hydrogen-bond acceptors (Lipinski definition) is 1. The van der Waals surface area contributed by atoms with Crippen LogP contribution >= 0.6 is 11.6 Å². The van der Waals surface area contributed by atoms with Crippen molar-refractivity contribution in [3.05, 3.63) is 66.2 Å². The smallest absolute Gasteiger partial charge is 0.128 e. The standard InChI is InChI=1S/C15H13ClO/c1-2-15(16)12-7-6-10-14(11-12)17-13-8-4-3-5-9-13/h2-11H,1H3. The van der Waals surface area contributed by atoms with Crippen LogP contribution in [0, 0.1) is 0 Å². The predicted molar refractivity (Wildman–Crippen MR) is 72.5 cm³/mol. The molecule has 2 heteroatoms. The van der Waals surface area contributed by atoms with Gasteiger partial charge in [0.15, 0.2) is 0 Å². The maximum absolute atomic E-state index is 6.07. The van der Waals surface area contributed by atoms with Crippen LogP contribution in [-0.4, -0.2) is 0 Å². The first-order valence-electron chi connectivity index (χ1n) is 5.45. The molecule has 0 aliphatic rings. The number of para-hydroxylation sites is 1. The van der Waals surface area contributed by atoms with Gasteiger partial charge in [-0.15, -0.1) is 0 Å². The first-order valence-corrected chi connectivity index (χ1v) is 5.82. The van der Waals surface area contributed by atoms with E-state index in [1.807, 2.05) is 67.6 Å². The Balaban J connectivity index is 2.23. The van der Waals surface area contributed by atoms with E-state index in [1.54, 1.807) is 0 Å². The molecule has 86 valence electrons. The Kier molecular flexibility index (Phi) is 3.84. The number of hydrogen-bond donors (Lipinski definition) is 0. The quantitative estimate of drug-likeness (QED) is 0.732. The highest BCUT2D eigenvalue weighted by molar-refractivity contribution is 6.48. The third kappa shape index (κ3) is 3.11. The van der Waals surface area contributed by atoms with Crippen molar-refractivity contribution in [3.8, 4) is 11.5 Å². The Hall–Kier alpha value is -1.73. The normalized spacial score (nSPS) is 11.3. The average Bonchev–Trinajstić information content (AvgIpc) is 2.39. The molecule has 0 saturated carbocycles. The second-order valence-corrected chi connectivity index (χ2v) is 3.99. The van der Waals surface area contributed by atoms with E-state index in [4.69, 9.17) is 16.3 Å². The van der Waals surface area contributed by atoms with Crippen LogP contribution in [0.1, 0.15) is 12.5 Å². The Labute approximate surface area is 106 Å². The molecule has 0 fully saturated rings. The number of halogens is 1. The molecule has 0 spiro atoms. The predicted octanol–water partition coefficient (Wildman–Crippen LogP) is 5.08. The van der Waals surface area contributed by atoms with Gasteiger partial charge in [0, 0.05) is 5.03 Å². The van der Waals surface area contributed by atoms with Crippen LogP contribution in [0.25, 0.3) is 5.03 Å². The molecule has 0 aromatic heterocycles. The first kappa shape index (κ1) is 11.7. The molecule has 1 nitrogen and oxygen atoms in total. The van der Waals surface area contributed by atoms with Crippen LogP contribution in [0.4, 0.5) is 0 Å². The van der Waals surface area contributed by atoms with Crippen LogP contribution in [0.3, 0.4) is 0 Å². The summed E-state index contributed by atoms with van der Waals surface area (Å²) in [6, 6.07) is 17.4. The van der Waals surface area contributed by atoms with Crippen molar-refractivity contribution >= 4 is 16.6 Å². The van der Waals surface area contributed by atoms with Crippen LogP contribution in [0.2, 0.25) is 0 Å². The molecule has 2 rings (SSSR count). The van der Waals surface area contributed by atoms with E-state index in [-0.39, 0.29) is 0 Å². The lowest BCUT2D eigenvalue weighted by Gasteiger charge is -2.07. The summed E-state index contributed by atoms with van der Waals surface area (Å²) in [6.45, 7) is 1.91. The highest BCUT2D eigenvalue weighted by atomic mass is 35.5. The van der Waals surface area contributed by atoms with Gasteiger partial charge in [0.25, 0.3) is 0 Å². The summed E-state index contributed by atoms with van der Waals surface area (Å²) < 4.78 is 5.73. The van der Waals surface area contributed by atoms with Gasteiger partial charge in [0.05, 0.1) is 0 Å². The molecule has 0 saturated heterocycles. The van der Waals surface area contributed by atoms with Crippen molar-refractivity contribution in [1.82, 2.24) is 0 Å². The summed E-state index contributed by atoms with van der Waals surface area (Å²) in [5.74, 6) is 1.61. The van der Waals surface area contributed by atoms with Crippen molar-refractivity contribution in [1.29, 1.82) is 0 Å². The van der Waals surface area contributed by atoms with Crippen molar-refractivity contribution in [3.63, 3.8) is 0 Å². The zero-order chi connectivity index (χ0) is 12.1. The summed E-state index contributed by atoms with van der Waals surface area (Å²) in [6.07, 6.45) is 1.86. The van der Waals surface area contributed by atoms with E-state index < -0.39 is 0 Å². The van der Waals surface area contributed by atoms with Crippen LogP contribution in [0.15, 0.2) is 60.7 Å². The summed E-state index contributed by atoms with van der Waals surface area (Å²) in [7, 11) is 0. The largest absolute Gasteiger partial charge is 0.457 e. The monoisotopic (exact) mass is 244 g/mol. The minimum atomic E-state index is 0.725. The van der Waals surface area contributed by atoms with Gasteiger partial charge in [-0.2, -0.15) is 0 Å². The molecule has 2 aromatic carbocycles. The fraction of sp³-hybridized carbons (Fsp3) is 0.0667. The van der Waals surface area contributed by atoms with Crippen molar-refractivity contribution in [2.45, 2.75) is 6.92 Å². The van der Waals surface area contributed by atoms with E-state index in [2.05, 4.69) is 0 Å². The number of benzene rings is 2. The highest BCUT2D eigenvalue weighted by Crippen LogP contribution is 2.26. The lowest BCUT2D eigenvalue weighted by Crippen LogP contribution is -1.85. The molecule has 0 aliphatic carbocycles. The van der Waals surface area contributed by atoms with Gasteiger partial charge in [-0.25, -0.2) is 0 Å². The lowest BCUT2D eigenvalue weighted by atomic mass is 10.2. The van der Waals surface area contributed by atoms with E-state index in [1.165, 1.54) is 0 Å². The number of rotatable bonds is 3. The molecule has 17 heavy (non-hydrogen) atoms. The van der Waals surface area contributed by atoms with Crippen LogP contribution in [0.5, 0.6) is 11.5 Å². The van der Waals surface area contributed by atoms with Gasteiger partial charge in [-0.05, 0) is 36.8 Å². The Morgan fingerprint density at radius 3 is 2.41 bits per heavy atom. The fourth-order valence-corrected chi connectivity index (χ4v) is 1.62. The molecule has 0 bridgehead atoms. The molecule has 0 N–H and O–H groups in total. The van der Waals surface area contributed by atoms with Crippen molar-refractivity contribution < 1.29 is 4.74 Å². The highest BCUT2D eigenvalue weighted by Gasteiger charge is 2.00. The summed E-state index contributed by atoms with van der Waals surface area (Å²) in [5, 5.41) is 0.725. The molecule has 0 atom stereocenters. The molecule has 0 radical (unpaired) electrons. The Morgan fingerprint density at radius 2 is 1.71 bits per heavy atom. The maximum Gasteiger partial charge on any atom is 0.128 e. The third-order valence-corrected chi connectivity index (χ3v) is 2.78. The van der Waals surface area contributed by atoms with Gasteiger partial charge in [-0.3, -0.25) is 0 Å². The average molecular weight is 245 g/mol. The van der Waals surface area contributed by atoms with Crippen molar-refractivity contribution in [2.24, 2.45) is 0 Å². The van der Waals surface area contributed by atoms with E-state index in [9.17, 15) is 0 Å². The first-order chi connectivity index (χ1) is 8.29.